The summed E-state index contributed by atoms with van der Waals surface area (Å²) >= 11 is 0. The molecule has 0 radical (unpaired) electrons. The standard InChI is InChI=1S/C15H18N2O2/c1-4-17(3)14(18)10-13-11(2)19-15(16-13)12-8-6-5-7-9-12/h5-9H,4,10H2,1-3H3. The summed E-state index contributed by atoms with van der Waals surface area (Å²) in [5.41, 5.74) is 1.64. The molecular weight excluding hydrogens is 240 g/mol. The number of hydrogen-bond donors (Lipinski definition) is 0. The highest BCUT2D eigenvalue weighted by molar-refractivity contribution is 5.78. The van der Waals surface area contributed by atoms with Gasteiger partial charge in [-0.2, -0.15) is 0 Å². The van der Waals surface area contributed by atoms with Crippen LogP contribution in [0.25, 0.3) is 11.5 Å². The van der Waals surface area contributed by atoms with Gasteiger partial charge in [-0.1, -0.05) is 18.2 Å². The van der Waals surface area contributed by atoms with E-state index < -0.39 is 0 Å². The van der Waals surface area contributed by atoms with Gasteiger partial charge < -0.3 is 9.32 Å². The van der Waals surface area contributed by atoms with Gasteiger partial charge in [0.05, 0.1) is 12.1 Å². The molecule has 2 aromatic rings. The molecule has 0 saturated carbocycles. The van der Waals surface area contributed by atoms with E-state index in [0.717, 1.165) is 5.56 Å². The van der Waals surface area contributed by atoms with Gasteiger partial charge in [0.25, 0.3) is 0 Å². The van der Waals surface area contributed by atoms with Crippen LogP contribution >= 0.6 is 0 Å². The molecule has 0 aliphatic heterocycles. The summed E-state index contributed by atoms with van der Waals surface area (Å²) in [7, 11) is 1.79. The van der Waals surface area contributed by atoms with Crippen LogP contribution in [0.2, 0.25) is 0 Å². The number of carbonyl (C=O) groups excluding carboxylic acids is 1. The second-order valence-corrected chi connectivity index (χ2v) is 4.47. The molecule has 1 amide bonds. The molecule has 0 saturated heterocycles. The summed E-state index contributed by atoms with van der Waals surface area (Å²) < 4.78 is 5.63. The minimum atomic E-state index is 0.0542. The smallest absolute Gasteiger partial charge is 0.228 e. The normalized spacial score (nSPS) is 10.5. The number of carbonyl (C=O) groups is 1. The van der Waals surface area contributed by atoms with Crippen molar-refractivity contribution in [3.8, 4) is 11.5 Å². The van der Waals surface area contributed by atoms with Gasteiger partial charge in [-0.3, -0.25) is 4.79 Å². The van der Waals surface area contributed by atoms with Crippen molar-refractivity contribution in [1.82, 2.24) is 9.88 Å². The molecule has 1 heterocycles. The van der Waals surface area contributed by atoms with Crippen LogP contribution in [0.1, 0.15) is 18.4 Å². The van der Waals surface area contributed by atoms with Crippen molar-refractivity contribution in [2.75, 3.05) is 13.6 Å². The number of aryl methyl sites for hydroxylation is 1. The fourth-order valence-corrected chi connectivity index (χ4v) is 1.75. The van der Waals surface area contributed by atoms with E-state index in [1.807, 2.05) is 44.2 Å². The van der Waals surface area contributed by atoms with Crippen molar-refractivity contribution in [1.29, 1.82) is 0 Å². The number of rotatable bonds is 4. The van der Waals surface area contributed by atoms with Gasteiger partial charge in [0.15, 0.2) is 0 Å². The Morgan fingerprint density at radius 3 is 2.63 bits per heavy atom. The summed E-state index contributed by atoms with van der Waals surface area (Å²) in [5.74, 6) is 1.33. The third-order valence-electron chi connectivity index (χ3n) is 3.13. The Bertz CT molecular complexity index is 561. The number of benzene rings is 1. The molecule has 0 fully saturated rings. The van der Waals surface area contributed by atoms with E-state index >= 15 is 0 Å². The maximum atomic E-state index is 11.9. The first kappa shape index (κ1) is 13.3. The maximum absolute atomic E-state index is 11.9. The van der Waals surface area contributed by atoms with Crippen molar-refractivity contribution in [2.45, 2.75) is 20.3 Å². The second kappa shape index (κ2) is 5.69. The van der Waals surface area contributed by atoms with Gasteiger partial charge >= 0.3 is 0 Å². The molecule has 19 heavy (non-hydrogen) atoms. The second-order valence-electron chi connectivity index (χ2n) is 4.47. The van der Waals surface area contributed by atoms with Crippen LogP contribution in [0.4, 0.5) is 0 Å². The van der Waals surface area contributed by atoms with Crippen LogP contribution in [0.15, 0.2) is 34.7 Å². The van der Waals surface area contributed by atoms with Gasteiger partial charge in [-0.25, -0.2) is 4.98 Å². The van der Waals surface area contributed by atoms with E-state index in [9.17, 15) is 4.79 Å². The van der Waals surface area contributed by atoms with E-state index in [0.29, 0.717) is 23.9 Å². The van der Waals surface area contributed by atoms with Crippen LogP contribution in [-0.2, 0) is 11.2 Å². The predicted molar refractivity (Wildman–Crippen MR) is 73.7 cm³/mol. The summed E-state index contributed by atoms with van der Waals surface area (Å²) in [6.07, 6.45) is 0.284. The minimum absolute atomic E-state index is 0.0542. The van der Waals surface area contributed by atoms with Crippen molar-refractivity contribution in [3.63, 3.8) is 0 Å². The van der Waals surface area contributed by atoms with Gasteiger partial charge in [0.1, 0.15) is 5.76 Å². The Kier molecular flexibility index (Phi) is 4.00. The first-order chi connectivity index (χ1) is 9.11. The molecule has 0 spiro atoms. The lowest BCUT2D eigenvalue weighted by Crippen LogP contribution is -2.28. The van der Waals surface area contributed by atoms with E-state index in [2.05, 4.69) is 4.98 Å². The molecule has 0 aliphatic rings. The highest BCUT2D eigenvalue weighted by atomic mass is 16.4. The van der Waals surface area contributed by atoms with E-state index in [1.165, 1.54) is 0 Å². The maximum Gasteiger partial charge on any atom is 0.228 e. The Labute approximate surface area is 113 Å². The summed E-state index contributed by atoms with van der Waals surface area (Å²) in [6, 6.07) is 9.69. The molecule has 0 bridgehead atoms. The lowest BCUT2D eigenvalue weighted by Gasteiger charge is -2.13. The van der Waals surface area contributed by atoms with Crippen molar-refractivity contribution >= 4 is 5.91 Å². The summed E-state index contributed by atoms with van der Waals surface area (Å²) in [5, 5.41) is 0. The summed E-state index contributed by atoms with van der Waals surface area (Å²) in [6.45, 7) is 4.48. The third kappa shape index (κ3) is 3.02. The highest BCUT2D eigenvalue weighted by Crippen LogP contribution is 2.21. The molecule has 1 aromatic carbocycles. The Balaban J connectivity index is 2.20. The fraction of sp³-hybridized carbons (Fsp3) is 0.333. The quantitative estimate of drug-likeness (QED) is 0.847. The third-order valence-corrected chi connectivity index (χ3v) is 3.13. The molecule has 4 nitrogen and oxygen atoms in total. The average Bonchev–Trinajstić information content (AvgIpc) is 2.80. The summed E-state index contributed by atoms with van der Waals surface area (Å²) in [4.78, 5) is 18.0. The molecule has 4 heteroatoms. The lowest BCUT2D eigenvalue weighted by molar-refractivity contribution is -0.129. The van der Waals surface area contributed by atoms with E-state index in [-0.39, 0.29) is 12.3 Å². The van der Waals surface area contributed by atoms with Gasteiger partial charge in [0.2, 0.25) is 11.8 Å². The van der Waals surface area contributed by atoms with Crippen LogP contribution in [0, 0.1) is 6.92 Å². The van der Waals surface area contributed by atoms with Crippen LogP contribution in [0.5, 0.6) is 0 Å². The minimum Gasteiger partial charge on any atom is -0.441 e. The zero-order valence-electron chi connectivity index (χ0n) is 11.5. The monoisotopic (exact) mass is 258 g/mol. The predicted octanol–water partition coefficient (Wildman–Crippen LogP) is 2.67. The van der Waals surface area contributed by atoms with E-state index in [1.54, 1.807) is 11.9 Å². The zero-order chi connectivity index (χ0) is 13.8. The topological polar surface area (TPSA) is 46.3 Å². The van der Waals surface area contributed by atoms with Gasteiger partial charge in [-0.05, 0) is 26.0 Å². The number of oxazole rings is 1. The van der Waals surface area contributed by atoms with Crippen LogP contribution in [0.3, 0.4) is 0 Å². The van der Waals surface area contributed by atoms with Gasteiger partial charge in [0, 0.05) is 19.2 Å². The van der Waals surface area contributed by atoms with Gasteiger partial charge in [-0.15, -0.1) is 0 Å². The zero-order valence-corrected chi connectivity index (χ0v) is 11.5. The molecule has 0 atom stereocenters. The Morgan fingerprint density at radius 1 is 1.32 bits per heavy atom. The lowest BCUT2D eigenvalue weighted by atomic mass is 10.2. The average molecular weight is 258 g/mol. The Morgan fingerprint density at radius 2 is 2.00 bits per heavy atom. The Hall–Kier alpha value is -2.10. The molecule has 2 rings (SSSR count). The van der Waals surface area contributed by atoms with Crippen molar-refractivity contribution < 1.29 is 9.21 Å². The molecule has 1 aromatic heterocycles. The molecule has 100 valence electrons. The number of amides is 1. The number of nitrogens with zero attached hydrogens (tertiary/aromatic N) is 2. The van der Waals surface area contributed by atoms with Crippen molar-refractivity contribution in [2.24, 2.45) is 0 Å². The molecule has 0 unspecified atom stereocenters. The molecule has 0 aliphatic carbocycles. The molecular formula is C15H18N2O2. The first-order valence-electron chi connectivity index (χ1n) is 6.37. The highest BCUT2D eigenvalue weighted by Gasteiger charge is 2.16. The first-order valence-corrected chi connectivity index (χ1v) is 6.37. The fourth-order valence-electron chi connectivity index (χ4n) is 1.75. The number of likely N-dealkylation sites (N-methyl/N-ethyl adjacent to an activating group) is 1. The van der Waals surface area contributed by atoms with Crippen LogP contribution in [-0.4, -0.2) is 29.4 Å². The van der Waals surface area contributed by atoms with Crippen LogP contribution < -0.4 is 0 Å². The molecule has 0 N–H and O–H groups in total. The van der Waals surface area contributed by atoms with E-state index in [4.69, 9.17) is 4.42 Å². The number of hydrogen-bond acceptors (Lipinski definition) is 3. The van der Waals surface area contributed by atoms with Crippen molar-refractivity contribution in [3.05, 3.63) is 41.8 Å². The number of aromatic nitrogens is 1. The SMILES string of the molecule is CCN(C)C(=O)Cc1nc(-c2ccccc2)oc1C. The largest absolute Gasteiger partial charge is 0.441 e.